The number of carbonyl (C=O) groups is 2. The molecule has 1 unspecified atom stereocenters. The van der Waals surface area contributed by atoms with Crippen molar-refractivity contribution >= 4 is 11.7 Å². The van der Waals surface area contributed by atoms with E-state index in [4.69, 9.17) is 4.74 Å². The first-order chi connectivity index (χ1) is 14.0. The molecule has 0 spiro atoms. The summed E-state index contributed by atoms with van der Waals surface area (Å²) in [5.41, 5.74) is 1.50. The summed E-state index contributed by atoms with van der Waals surface area (Å²) in [6, 6.07) is 13.3. The van der Waals surface area contributed by atoms with Crippen molar-refractivity contribution in [3.8, 4) is 5.75 Å². The first-order valence-electron chi connectivity index (χ1n) is 9.95. The quantitative estimate of drug-likeness (QED) is 0.671. The Labute approximate surface area is 171 Å². The fourth-order valence-electron chi connectivity index (χ4n) is 3.67. The maximum absolute atomic E-state index is 13.2. The first-order valence-corrected chi connectivity index (χ1v) is 9.95. The fraction of sp³-hybridized carbons (Fsp3) is 0.391. The number of rotatable bonds is 7. The Bertz CT molecular complexity index is 828. The molecule has 0 saturated carbocycles. The maximum Gasteiger partial charge on any atom is 0.230 e. The van der Waals surface area contributed by atoms with Crippen molar-refractivity contribution < 1.29 is 18.7 Å². The molecule has 1 fully saturated rings. The van der Waals surface area contributed by atoms with E-state index in [1.807, 2.05) is 11.8 Å². The number of methoxy groups -OCH3 is 1. The van der Waals surface area contributed by atoms with Gasteiger partial charge in [0.25, 0.3) is 0 Å². The molecule has 0 bridgehead atoms. The van der Waals surface area contributed by atoms with Gasteiger partial charge in [0, 0.05) is 31.7 Å². The van der Waals surface area contributed by atoms with Crippen molar-refractivity contribution in [2.75, 3.05) is 39.8 Å². The molecular formula is C23H27FN2O3. The molecule has 6 heteroatoms. The summed E-state index contributed by atoms with van der Waals surface area (Å²) < 4.78 is 18.3. The molecule has 2 aromatic carbocycles. The summed E-state index contributed by atoms with van der Waals surface area (Å²) in [6.07, 6.45) is 0.667. The van der Waals surface area contributed by atoms with E-state index in [0.717, 1.165) is 11.3 Å². The number of amides is 1. The van der Waals surface area contributed by atoms with Crippen LogP contribution in [-0.4, -0.2) is 61.3 Å². The van der Waals surface area contributed by atoms with E-state index < -0.39 is 0 Å². The second kappa shape index (κ2) is 9.65. The molecule has 1 aliphatic heterocycles. The molecule has 1 heterocycles. The molecule has 1 aliphatic rings. The van der Waals surface area contributed by atoms with Crippen LogP contribution in [0.3, 0.4) is 0 Å². The van der Waals surface area contributed by atoms with Gasteiger partial charge in [0.1, 0.15) is 11.6 Å². The van der Waals surface area contributed by atoms with Gasteiger partial charge in [0.15, 0.2) is 5.78 Å². The van der Waals surface area contributed by atoms with Gasteiger partial charge in [-0.1, -0.05) is 19.1 Å². The second-order valence-electron chi connectivity index (χ2n) is 7.27. The van der Waals surface area contributed by atoms with Crippen LogP contribution in [0.25, 0.3) is 0 Å². The van der Waals surface area contributed by atoms with Crippen molar-refractivity contribution in [3.63, 3.8) is 0 Å². The van der Waals surface area contributed by atoms with Crippen molar-refractivity contribution in [1.29, 1.82) is 0 Å². The van der Waals surface area contributed by atoms with Crippen LogP contribution in [0.1, 0.15) is 35.2 Å². The van der Waals surface area contributed by atoms with Crippen molar-refractivity contribution in [3.05, 3.63) is 65.5 Å². The van der Waals surface area contributed by atoms with Crippen LogP contribution < -0.4 is 4.74 Å². The zero-order valence-electron chi connectivity index (χ0n) is 16.9. The maximum atomic E-state index is 13.2. The predicted molar refractivity (Wildman–Crippen MR) is 110 cm³/mol. The molecular weight excluding hydrogens is 371 g/mol. The van der Waals surface area contributed by atoms with E-state index in [0.29, 0.717) is 44.7 Å². The van der Waals surface area contributed by atoms with E-state index in [1.54, 1.807) is 43.5 Å². The van der Waals surface area contributed by atoms with Gasteiger partial charge in [0.2, 0.25) is 5.91 Å². The van der Waals surface area contributed by atoms with E-state index >= 15 is 0 Å². The molecule has 0 radical (unpaired) electrons. The zero-order chi connectivity index (χ0) is 20.8. The minimum atomic E-state index is -0.300. The first kappa shape index (κ1) is 21.0. The van der Waals surface area contributed by atoms with Crippen LogP contribution in [0.4, 0.5) is 4.39 Å². The molecule has 2 aromatic rings. The van der Waals surface area contributed by atoms with E-state index in [2.05, 4.69) is 4.90 Å². The lowest BCUT2D eigenvalue weighted by atomic mass is 9.94. The van der Waals surface area contributed by atoms with Gasteiger partial charge < -0.3 is 9.64 Å². The Hall–Kier alpha value is -2.73. The van der Waals surface area contributed by atoms with Crippen LogP contribution in [0, 0.1) is 5.82 Å². The van der Waals surface area contributed by atoms with E-state index in [1.165, 1.54) is 12.1 Å². The summed E-state index contributed by atoms with van der Waals surface area (Å²) in [4.78, 5) is 29.4. The predicted octanol–water partition coefficient (Wildman–Crippen LogP) is 3.36. The molecule has 1 amide bonds. The highest BCUT2D eigenvalue weighted by molar-refractivity contribution is 5.97. The number of nitrogens with zero attached hydrogens (tertiary/aromatic N) is 2. The number of ketones is 1. The molecule has 29 heavy (non-hydrogen) atoms. The largest absolute Gasteiger partial charge is 0.497 e. The van der Waals surface area contributed by atoms with Crippen molar-refractivity contribution in [2.45, 2.75) is 19.3 Å². The van der Waals surface area contributed by atoms with Crippen LogP contribution in [0.5, 0.6) is 5.75 Å². The number of piperazine rings is 1. The third-order valence-corrected chi connectivity index (χ3v) is 5.44. The van der Waals surface area contributed by atoms with Crippen molar-refractivity contribution in [2.24, 2.45) is 0 Å². The average Bonchev–Trinajstić information content (AvgIpc) is 2.76. The van der Waals surface area contributed by atoms with E-state index in [-0.39, 0.29) is 23.4 Å². The van der Waals surface area contributed by atoms with Gasteiger partial charge in [-0.25, -0.2) is 4.39 Å². The highest BCUT2D eigenvalue weighted by Gasteiger charge is 2.28. The Morgan fingerprint density at radius 2 is 1.62 bits per heavy atom. The number of carbonyl (C=O) groups excluding carboxylic acids is 2. The van der Waals surface area contributed by atoms with Gasteiger partial charge >= 0.3 is 0 Å². The van der Waals surface area contributed by atoms with Gasteiger partial charge in [0.05, 0.1) is 19.6 Å². The number of Topliss-reactive ketones (excluding diaryl/α,β-unsaturated/α-hetero) is 1. The Kier molecular flexibility index (Phi) is 6.99. The second-order valence-corrected chi connectivity index (χ2v) is 7.27. The number of benzene rings is 2. The molecule has 0 N–H and O–H groups in total. The highest BCUT2D eigenvalue weighted by Crippen LogP contribution is 2.23. The molecule has 3 rings (SSSR count). The summed E-state index contributed by atoms with van der Waals surface area (Å²) in [5, 5.41) is 0. The van der Waals surface area contributed by atoms with Crippen molar-refractivity contribution in [1.82, 2.24) is 9.80 Å². The SMILES string of the molecule is CCC(C(=O)N1CCN(CC(=O)c2ccc(OC)cc2)CC1)c1ccc(F)cc1. The lowest BCUT2D eigenvalue weighted by Crippen LogP contribution is -2.51. The highest BCUT2D eigenvalue weighted by atomic mass is 19.1. The number of hydrogen-bond acceptors (Lipinski definition) is 4. The molecule has 1 saturated heterocycles. The smallest absolute Gasteiger partial charge is 0.230 e. The topological polar surface area (TPSA) is 49.9 Å². The zero-order valence-corrected chi connectivity index (χ0v) is 16.9. The third-order valence-electron chi connectivity index (χ3n) is 5.44. The summed E-state index contributed by atoms with van der Waals surface area (Å²) in [6.45, 7) is 4.80. The number of ether oxygens (including phenoxy) is 1. The normalized spacial score (nSPS) is 15.8. The lowest BCUT2D eigenvalue weighted by molar-refractivity contribution is -0.134. The number of hydrogen-bond donors (Lipinski definition) is 0. The van der Waals surface area contributed by atoms with E-state index in [9.17, 15) is 14.0 Å². The van der Waals surface area contributed by atoms with Gasteiger partial charge in [-0.2, -0.15) is 0 Å². The van der Waals surface area contributed by atoms with Gasteiger partial charge in [-0.3, -0.25) is 14.5 Å². The Balaban J connectivity index is 1.54. The lowest BCUT2D eigenvalue weighted by Gasteiger charge is -2.36. The Morgan fingerprint density at radius 3 is 2.17 bits per heavy atom. The Morgan fingerprint density at radius 1 is 1.00 bits per heavy atom. The third kappa shape index (κ3) is 5.21. The minimum absolute atomic E-state index is 0.0603. The summed E-state index contributed by atoms with van der Waals surface area (Å²) in [5.74, 6) is 0.292. The van der Waals surface area contributed by atoms with Crippen LogP contribution in [0.2, 0.25) is 0 Å². The standard InChI is InChI=1S/C23H27FN2O3/c1-3-21(17-4-8-19(24)9-5-17)23(28)26-14-12-25(13-15-26)16-22(27)18-6-10-20(29-2)11-7-18/h4-11,21H,3,12-16H2,1-2H3. The summed E-state index contributed by atoms with van der Waals surface area (Å²) >= 11 is 0. The van der Waals surface area contributed by atoms with Gasteiger partial charge in [-0.05, 0) is 48.4 Å². The average molecular weight is 398 g/mol. The molecule has 5 nitrogen and oxygen atoms in total. The number of halogens is 1. The van der Waals surface area contributed by atoms with Crippen LogP contribution in [0.15, 0.2) is 48.5 Å². The molecule has 0 aliphatic carbocycles. The van der Waals surface area contributed by atoms with Crippen LogP contribution in [-0.2, 0) is 4.79 Å². The fourth-order valence-corrected chi connectivity index (χ4v) is 3.67. The molecule has 0 aromatic heterocycles. The van der Waals surface area contributed by atoms with Gasteiger partial charge in [-0.15, -0.1) is 0 Å². The molecule has 1 atom stereocenters. The summed E-state index contributed by atoms with van der Waals surface area (Å²) in [7, 11) is 1.59. The monoisotopic (exact) mass is 398 g/mol. The minimum Gasteiger partial charge on any atom is -0.497 e. The molecule has 154 valence electrons. The van der Waals surface area contributed by atoms with Crippen LogP contribution >= 0.6 is 0 Å².